The Balaban J connectivity index is 2.73. The Kier molecular flexibility index (Phi) is 6.22. The quantitative estimate of drug-likeness (QED) is 0.511. The first kappa shape index (κ1) is 16.5. The number of hydrogen-bond donors (Lipinski definition) is 1. The summed E-state index contributed by atoms with van der Waals surface area (Å²) in [6.45, 7) is 1.67. The molecule has 0 heterocycles. The monoisotopic (exact) mass is 294 g/mol. The van der Waals surface area contributed by atoms with Crippen LogP contribution in [-0.4, -0.2) is 38.3 Å². The highest BCUT2D eigenvalue weighted by molar-refractivity contribution is 5.99. The van der Waals surface area contributed by atoms with Crippen molar-refractivity contribution in [3.63, 3.8) is 0 Å². The Hall–Kier alpha value is -2.54. The average Bonchev–Trinajstić information content (AvgIpc) is 2.46. The van der Waals surface area contributed by atoms with E-state index < -0.39 is 6.09 Å². The van der Waals surface area contributed by atoms with Crippen LogP contribution in [0.5, 0.6) is 5.75 Å². The molecule has 0 aliphatic carbocycles. The highest BCUT2D eigenvalue weighted by Gasteiger charge is 2.11. The maximum Gasteiger partial charge on any atom is 0.439 e. The zero-order chi connectivity index (χ0) is 15.8. The van der Waals surface area contributed by atoms with E-state index in [-0.39, 0.29) is 11.7 Å². The summed E-state index contributed by atoms with van der Waals surface area (Å²) in [5.41, 5.74) is 0.491. The number of ether oxygens (including phenoxy) is 2. The van der Waals surface area contributed by atoms with Gasteiger partial charge in [-0.05, 0) is 19.1 Å². The highest BCUT2D eigenvalue weighted by Crippen LogP contribution is 2.18. The molecule has 114 valence electrons. The fourth-order valence-corrected chi connectivity index (χ4v) is 1.30. The summed E-state index contributed by atoms with van der Waals surface area (Å²) in [6, 6.07) is 6.44. The van der Waals surface area contributed by atoms with Crippen molar-refractivity contribution in [2.24, 2.45) is 0 Å². The number of methoxy groups -OCH3 is 1. The summed E-state index contributed by atoms with van der Waals surface area (Å²) in [6.07, 6.45) is 0.647. The van der Waals surface area contributed by atoms with Crippen molar-refractivity contribution in [1.29, 1.82) is 0 Å². The van der Waals surface area contributed by atoms with E-state index in [1.165, 1.54) is 33.4 Å². The molecule has 0 bridgehead atoms. The number of benzene rings is 1. The van der Waals surface area contributed by atoms with E-state index in [2.05, 4.69) is 5.32 Å². The first-order valence-electron chi connectivity index (χ1n) is 6.09. The summed E-state index contributed by atoms with van der Waals surface area (Å²) >= 11 is 0. The third kappa shape index (κ3) is 5.53. The minimum Gasteiger partial charge on any atom is -0.501 e. The molecule has 1 aromatic carbocycles. The molecule has 21 heavy (non-hydrogen) atoms. The van der Waals surface area contributed by atoms with Gasteiger partial charge >= 0.3 is 6.09 Å². The van der Waals surface area contributed by atoms with Gasteiger partial charge < -0.3 is 14.8 Å². The minimum atomic E-state index is -0.670. The molecule has 1 N–H and O–H groups in total. The predicted octanol–water partition coefficient (Wildman–Crippen LogP) is 2.17. The van der Waals surface area contributed by atoms with Crippen LogP contribution in [0.25, 0.3) is 0 Å². The normalized spacial score (nSPS) is 10.8. The van der Waals surface area contributed by atoms with Crippen molar-refractivity contribution in [3.8, 4) is 5.75 Å². The maximum atomic E-state index is 11.7. The van der Waals surface area contributed by atoms with Crippen LogP contribution in [-0.2, 0) is 14.4 Å². The third-order valence-corrected chi connectivity index (χ3v) is 2.49. The van der Waals surface area contributed by atoms with Gasteiger partial charge in [0, 0.05) is 24.9 Å². The second kappa shape index (κ2) is 7.91. The summed E-state index contributed by atoms with van der Waals surface area (Å²) < 4.78 is 9.95. The second-order valence-corrected chi connectivity index (χ2v) is 4.02. The van der Waals surface area contributed by atoms with E-state index in [4.69, 9.17) is 14.3 Å². The second-order valence-electron chi connectivity index (χ2n) is 4.02. The number of hydroxylamine groups is 2. The molecule has 7 nitrogen and oxygen atoms in total. The Morgan fingerprint density at radius 2 is 2.00 bits per heavy atom. The smallest absolute Gasteiger partial charge is 0.439 e. The van der Waals surface area contributed by atoms with Crippen LogP contribution in [0, 0.1) is 0 Å². The molecule has 0 aliphatic rings. The van der Waals surface area contributed by atoms with Gasteiger partial charge in [0.15, 0.2) is 0 Å². The van der Waals surface area contributed by atoms with Crippen molar-refractivity contribution < 1.29 is 23.9 Å². The third-order valence-electron chi connectivity index (χ3n) is 2.49. The van der Waals surface area contributed by atoms with Crippen molar-refractivity contribution in [1.82, 2.24) is 5.06 Å². The number of hydrogen-bond acceptors (Lipinski definition) is 5. The van der Waals surface area contributed by atoms with Crippen LogP contribution in [0.2, 0.25) is 0 Å². The van der Waals surface area contributed by atoms with Gasteiger partial charge in [-0.15, -0.1) is 0 Å². The first-order valence-corrected chi connectivity index (χ1v) is 6.09. The first-order chi connectivity index (χ1) is 9.96. The maximum absolute atomic E-state index is 11.7. The molecule has 0 unspecified atom stereocenters. The number of nitrogens with one attached hydrogen (secondary N) is 1. The fraction of sp³-hybridized carbons (Fsp3) is 0.286. The zero-order valence-electron chi connectivity index (χ0n) is 12.4. The van der Waals surface area contributed by atoms with Gasteiger partial charge in [-0.25, -0.2) is 4.79 Å². The van der Waals surface area contributed by atoms with Gasteiger partial charge in [0.25, 0.3) is 5.91 Å². The van der Waals surface area contributed by atoms with E-state index in [1.807, 2.05) is 0 Å². The summed E-state index contributed by atoms with van der Waals surface area (Å²) in [5.74, 6) is 0.429. The SMILES string of the molecule is COC(C)=CC(=O)Nc1cccc(OC(=O)N(C)OC)c1. The van der Waals surface area contributed by atoms with Gasteiger partial charge in [-0.1, -0.05) is 6.07 Å². The molecule has 0 atom stereocenters. The number of carbonyl (C=O) groups is 2. The summed E-state index contributed by atoms with van der Waals surface area (Å²) in [5, 5.41) is 3.57. The Bertz CT molecular complexity index is 542. The standard InChI is InChI=1S/C14H18N2O5/c1-10(19-3)8-13(17)15-11-6-5-7-12(9-11)21-14(18)16(2)20-4/h5-9H,1-4H3,(H,15,17). The van der Waals surface area contributed by atoms with Crippen LogP contribution in [0.15, 0.2) is 36.1 Å². The van der Waals surface area contributed by atoms with E-state index >= 15 is 0 Å². The lowest BCUT2D eigenvalue weighted by Crippen LogP contribution is -2.28. The zero-order valence-corrected chi connectivity index (χ0v) is 12.4. The van der Waals surface area contributed by atoms with Crippen LogP contribution in [0.4, 0.5) is 10.5 Å². The number of anilines is 1. The molecule has 0 aliphatic heterocycles. The molecular weight excluding hydrogens is 276 g/mol. The van der Waals surface area contributed by atoms with E-state index in [0.717, 1.165) is 5.06 Å². The molecule has 0 aromatic heterocycles. The molecule has 7 heteroatoms. The molecule has 0 saturated carbocycles. The summed E-state index contributed by atoms with van der Waals surface area (Å²) in [7, 11) is 4.25. The average molecular weight is 294 g/mol. The minimum absolute atomic E-state index is 0.286. The van der Waals surface area contributed by atoms with Crippen molar-refractivity contribution in [2.45, 2.75) is 6.92 Å². The van der Waals surface area contributed by atoms with Crippen LogP contribution in [0.1, 0.15) is 6.92 Å². The molecule has 0 spiro atoms. The topological polar surface area (TPSA) is 77.1 Å². The van der Waals surface area contributed by atoms with Gasteiger partial charge in [0.2, 0.25) is 0 Å². The van der Waals surface area contributed by atoms with Gasteiger partial charge in [0.05, 0.1) is 20.0 Å². The summed E-state index contributed by atoms with van der Waals surface area (Å²) in [4.78, 5) is 27.9. The van der Waals surface area contributed by atoms with E-state index in [0.29, 0.717) is 11.4 Å². The molecule has 2 amide bonds. The number of carbonyl (C=O) groups excluding carboxylic acids is 2. The molecule has 0 fully saturated rings. The fourth-order valence-electron chi connectivity index (χ4n) is 1.30. The van der Waals surface area contributed by atoms with E-state index in [1.54, 1.807) is 25.1 Å². The highest BCUT2D eigenvalue weighted by atomic mass is 16.7. The van der Waals surface area contributed by atoms with Crippen LogP contribution < -0.4 is 10.1 Å². The molecular formula is C14H18N2O5. The lowest BCUT2D eigenvalue weighted by molar-refractivity contribution is -0.112. The number of nitrogens with zero attached hydrogens (tertiary/aromatic N) is 1. The van der Waals surface area contributed by atoms with Gasteiger partial charge in [-0.2, -0.15) is 5.06 Å². The number of rotatable bonds is 5. The lowest BCUT2D eigenvalue weighted by Gasteiger charge is -2.13. The Morgan fingerprint density at radius 1 is 1.29 bits per heavy atom. The van der Waals surface area contributed by atoms with Gasteiger partial charge in [0.1, 0.15) is 5.75 Å². The van der Waals surface area contributed by atoms with Crippen LogP contribution >= 0.6 is 0 Å². The van der Waals surface area contributed by atoms with Crippen molar-refractivity contribution in [3.05, 3.63) is 36.1 Å². The van der Waals surface area contributed by atoms with Gasteiger partial charge in [-0.3, -0.25) is 9.63 Å². The molecule has 0 radical (unpaired) electrons. The molecule has 1 rings (SSSR count). The number of allylic oxidation sites excluding steroid dienone is 1. The lowest BCUT2D eigenvalue weighted by atomic mass is 10.3. The Labute approximate surface area is 123 Å². The van der Waals surface area contributed by atoms with Crippen LogP contribution in [0.3, 0.4) is 0 Å². The molecule has 0 saturated heterocycles. The predicted molar refractivity (Wildman–Crippen MR) is 76.6 cm³/mol. The van der Waals surface area contributed by atoms with E-state index in [9.17, 15) is 9.59 Å². The van der Waals surface area contributed by atoms with Crippen molar-refractivity contribution in [2.75, 3.05) is 26.6 Å². The van der Waals surface area contributed by atoms with Crippen molar-refractivity contribution >= 4 is 17.7 Å². The number of amides is 2. The largest absolute Gasteiger partial charge is 0.501 e. The Morgan fingerprint density at radius 3 is 2.62 bits per heavy atom. The molecule has 1 aromatic rings.